The van der Waals surface area contributed by atoms with Crippen LogP contribution in [0, 0.1) is 12.3 Å². The van der Waals surface area contributed by atoms with Gasteiger partial charge in [0, 0.05) is 6.42 Å². The summed E-state index contributed by atoms with van der Waals surface area (Å²) in [7, 11) is 1.64. The van der Waals surface area contributed by atoms with E-state index >= 15 is 0 Å². The topological polar surface area (TPSA) is 39.7 Å². The number of hydrogen-bond donors (Lipinski definition) is 1. The van der Waals surface area contributed by atoms with Crippen molar-refractivity contribution in [3.8, 4) is 23.8 Å². The zero-order valence-electron chi connectivity index (χ0n) is 12.4. The predicted octanol–water partition coefficient (Wildman–Crippen LogP) is 2.58. The molecule has 4 nitrogen and oxygen atoms in total. The van der Waals surface area contributed by atoms with Crippen LogP contribution >= 0.6 is 0 Å². The Kier molecular flexibility index (Phi) is 5.99. The highest BCUT2D eigenvalue weighted by Crippen LogP contribution is 2.35. The molecule has 1 aromatic rings. The molecule has 1 N–H and O–H groups in total. The van der Waals surface area contributed by atoms with E-state index in [0.717, 1.165) is 49.4 Å². The predicted molar refractivity (Wildman–Crippen MR) is 83.2 cm³/mol. The van der Waals surface area contributed by atoms with Gasteiger partial charge in [0.1, 0.15) is 0 Å². The second-order valence-corrected chi connectivity index (χ2v) is 4.75. The summed E-state index contributed by atoms with van der Waals surface area (Å²) in [5.41, 5.74) is 2.29. The van der Waals surface area contributed by atoms with Gasteiger partial charge in [-0.15, -0.1) is 12.3 Å². The summed E-state index contributed by atoms with van der Waals surface area (Å²) < 4.78 is 15.9. The number of benzene rings is 1. The number of fused-ring (bicyclic) bond motifs is 1. The first-order chi connectivity index (χ1) is 10.3. The minimum Gasteiger partial charge on any atom is -0.504 e. The fourth-order valence-electron chi connectivity index (χ4n) is 2.18. The van der Waals surface area contributed by atoms with Crippen LogP contribution in [-0.4, -0.2) is 27.0 Å². The van der Waals surface area contributed by atoms with E-state index in [0.29, 0.717) is 0 Å². The summed E-state index contributed by atoms with van der Waals surface area (Å²) in [6.07, 6.45) is 11.6. The van der Waals surface area contributed by atoms with E-state index < -0.39 is 0 Å². The zero-order chi connectivity index (χ0) is 14.9. The van der Waals surface area contributed by atoms with Crippen LogP contribution < -0.4 is 14.8 Å². The van der Waals surface area contributed by atoms with E-state index in [-0.39, 0.29) is 6.79 Å². The molecule has 0 spiro atoms. The maximum atomic E-state index is 5.44. The van der Waals surface area contributed by atoms with Crippen molar-refractivity contribution in [2.24, 2.45) is 0 Å². The largest absolute Gasteiger partial charge is 0.504 e. The van der Waals surface area contributed by atoms with E-state index in [9.17, 15) is 0 Å². The van der Waals surface area contributed by atoms with Gasteiger partial charge in [-0.05, 0) is 55.3 Å². The van der Waals surface area contributed by atoms with Gasteiger partial charge in [0.05, 0.1) is 13.4 Å². The molecule has 112 valence electrons. The summed E-state index contributed by atoms with van der Waals surface area (Å²) in [5, 5.41) is 3.40. The molecule has 21 heavy (non-hydrogen) atoms. The molecule has 1 aliphatic rings. The van der Waals surface area contributed by atoms with E-state index in [1.807, 2.05) is 18.2 Å². The smallest absolute Gasteiger partial charge is 0.231 e. The maximum Gasteiger partial charge on any atom is 0.231 e. The number of terminal acetylenes is 1. The number of nitrogens with one attached hydrogen (secondary N) is 1. The number of unbranched alkanes of at least 4 members (excludes halogenated alkanes) is 1. The minimum atomic E-state index is 0.288. The van der Waals surface area contributed by atoms with Crippen molar-refractivity contribution in [3.63, 3.8) is 0 Å². The second kappa shape index (κ2) is 8.23. The Morgan fingerprint density at radius 1 is 1.33 bits per heavy atom. The van der Waals surface area contributed by atoms with Crippen molar-refractivity contribution in [1.82, 2.24) is 5.32 Å². The summed E-state index contributed by atoms with van der Waals surface area (Å²) in [6.45, 7) is 2.13. The van der Waals surface area contributed by atoms with Crippen molar-refractivity contribution in [1.29, 1.82) is 0 Å². The first-order valence-electron chi connectivity index (χ1n) is 7.11. The first-order valence-corrected chi connectivity index (χ1v) is 7.11. The molecule has 1 aromatic carbocycles. The third-order valence-electron chi connectivity index (χ3n) is 3.26. The number of methoxy groups -OCH3 is 1. The van der Waals surface area contributed by atoms with Crippen LogP contribution in [0.15, 0.2) is 18.4 Å². The van der Waals surface area contributed by atoms with Gasteiger partial charge >= 0.3 is 0 Å². The lowest BCUT2D eigenvalue weighted by molar-refractivity contribution is 0.174. The van der Waals surface area contributed by atoms with E-state index in [2.05, 4.69) is 11.2 Å². The van der Waals surface area contributed by atoms with Crippen molar-refractivity contribution < 1.29 is 14.2 Å². The van der Waals surface area contributed by atoms with Crippen LogP contribution in [0.4, 0.5) is 0 Å². The Hall–Kier alpha value is -2.12. The highest BCUT2D eigenvalue weighted by molar-refractivity contribution is 5.60. The molecule has 0 bridgehead atoms. The van der Waals surface area contributed by atoms with Crippen LogP contribution in [-0.2, 0) is 11.2 Å². The molecular formula is C17H21NO3. The van der Waals surface area contributed by atoms with Crippen LogP contribution in [0.3, 0.4) is 0 Å². The first kappa shape index (κ1) is 15.3. The van der Waals surface area contributed by atoms with Crippen LogP contribution in [0.25, 0.3) is 6.08 Å². The third kappa shape index (κ3) is 4.44. The Labute approximate surface area is 126 Å². The van der Waals surface area contributed by atoms with E-state index in [1.165, 1.54) is 5.56 Å². The van der Waals surface area contributed by atoms with Gasteiger partial charge in [0.25, 0.3) is 0 Å². The number of hydrogen-bond acceptors (Lipinski definition) is 4. The van der Waals surface area contributed by atoms with Gasteiger partial charge in [-0.1, -0.05) is 0 Å². The summed E-state index contributed by atoms with van der Waals surface area (Å²) >= 11 is 0. The van der Waals surface area contributed by atoms with E-state index in [1.54, 1.807) is 13.4 Å². The van der Waals surface area contributed by atoms with Crippen molar-refractivity contribution in [2.45, 2.75) is 19.3 Å². The summed E-state index contributed by atoms with van der Waals surface area (Å²) in [4.78, 5) is 0. The summed E-state index contributed by atoms with van der Waals surface area (Å²) in [6, 6.07) is 4.03. The molecule has 0 aliphatic carbocycles. The molecule has 0 radical (unpaired) electrons. The Morgan fingerprint density at radius 3 is 2.90 bits per heavy atom. The lowest BCUT2D eigenvalue weighted by Crippen LogP contribution is -2.18. The molecule has 0 atom stereocenters. The standard InChI is InChI=1S/C17H21NO3/c1-3-4-5-8-18-9-6-14-11-16-17(21-13-20-16)12-15(14)7-10-19-2/h1,7,10-12,18H,4-6,8-9,13H2,2H3. The Balaban J connectivity index is 1.96. The zero-order valence-corrected chi connectivity index (χ0v) is 12.4. The van der Waals surface area contributed by atoms with Gasteiger partial charge in [-0.25, -0.2) is 0 Å². The molecule has 1 aliphatic heterocycles. The highest BCUT2D eigenvalue weighted by atomic mass is 16.7. The van der Waals surface area contributed by atoms with Crippen molar-refractivity contribution >= 4 is 6.08 Å². The fraction of sp³-hybridized carbons (Fsp3) is 0.412. The molecule has 1 heterocycles. The number of rotatable bonds is 8. The minimum absolute atomic E-state index is 0.288. The van der Waals surface area contributed by atoms with Crippen LogP contribution in [0.1, 0.15) is 24.0 Å². The molecule has 0 fully saturated rings. The number of ether oxygens (including phenoxy) is 3. The summed E-state index contributed by atoms with van der Waals surface area (Å²) in [5.74, 6) is 4.24. The maximum absolute atomic E-state index is 5.44. The lowest BCUT2D eigenvalue weighted by atomic mass is 10.0. The van der Waals surface area contributed by atoms with Gasteiger partial charge in [-0.3, -0.25) is 0 Å². The quantitative estimate of drug-likeness (QED) is 0.453. The van der Waals surface area contributed by atoms with Gasteiger partial charge in [-0.2, -0.15) is 0 Å². The molecule has 4 heteroatoms. The molecular weight excluding hydrogens is 266 g/mol. The van der Waals surface area contributed by atoms with Crippen molar-refractivity contribution in [3.05, 3.63) is 29.5 Å². The van der Waals surface area contributed by atoms with Crippen LogP contribution in [0.5, 0.6) is 11.5 Å². The molecule has 0 aromatic heterocycles. The Bertz CT molecular complexity index is 532. The normalized spacial score (nSPS) is 12.6. The molecule has 0 amide bonds. The van der Waals surface area contributed by atoms with Gasteiger partial charge in [0.2, 0.25) is 6.79 Å². The molecule has 0 saturated carbocycles. The Morgan fingerprint density at radius 2 is 2.14 bits per heavy atom. The third-order valence-corrected chi connectivity index (χ3v) is 3.26. The molecule has 0 saturated heterocycles. The fourth-order valence-corrected chi connectivity index (χ4v) is 2.18. The molecule has 2 rings (SSSR count). The average Bonchev–Trinajstić information content (AvgIpc) is 2.95. The van der Waals surface area contributed by atoms with Gasteiger partial charge < -0.3 is 19.5 Å². The second-order valence-electron chi connectivity index (χ2n) is 4.75. The SMILES string of the molecule is C#CCCCNCCc1cc2c(cc1C=COC)OCO2. The molecule has 0 unspecified atom stereocenters. The van der Waals surface area contributed by atoms with Crippen LogP contribution in [0.2, 0.25) is 0 Å². The monoisotopic (exact) mass is 287 g/mol. The van der Waals surface area contributed by atoms with E-state index in [4.69, 9.17) is 20.6 Å². The lowest BCUT2D eigenvalue weighted by Gasteiger charge is -2.09. The van der Waals surface area contributed by atoms with Crippen molar-refractivity contribution in [2.75, 3.05) is 27.0 Å². The average molecular weight is 287 g/mol. The van der Waals surface area contributed by atoms with Gasteiger partial charge in [0.15, 0.2) is 11.5 Å². The highest BCUT2D eigenvalue weighted by Gasteiger charge is 2.16.